The van der Waals surface area contributed by atoms with Crippen molar-refractivity contribution in [3.8, 4) is 0 Å². The predicted molar refractivity (Wildman–Crippen MR) is 97.5 cm³/mol. The number of hydrogen-bond donors (Lipinski definition) is 0. The van der Waals surface area contributed by atoms with Gasteiger partial charge in [-0.15, -0.1) is 0 Å². The summed E-state index contributed by atoms with van der Waals surface area (Å²) in [4.78, 5) is 2.42. The van der Waals surface area contributed by atoms with E-state index in [4.69, 9.17) is 4.74 Å². The van der Waals surface area contributed by atoms with Gasteiger partial charge in [-0.25, -0.2) is 12.8 Å². The first-order valence-corrected chi connectivity index (χ1v) is 10.9. The summed E-state index contributed by atoms with van der Waals surface area (Å²) in [7, 11) is -3.65. The molecule has 1 aromatic carbocycles. The van der Waals surface area contributed by atoms with Crippen LogP contribution in [-0.2, 0) is 14.8 Å². The van der Waals surface area contributed by atoms with Crippen molar-refractivity contribution in [2.75, 3.05) is 26.2 Å². The summed E-state index contributed by atoms with van der Waals surface area (Å²) < 4.78 is 47.1. The van der Waals surface area contributed by atoms with E-state index in [-0.39, 0.29) is 27.6 Å². The van der Waals surface area contributed by atoms with Crippen molar-refractivity contribution in [3.63, 3.8) is 0 Å². The Morgan fingerprint density at radius 2 is 1.96 bits per heavy atom. The Bertz CT molecular complexity index is 721. The lowest BCUT2D eigenvalue weighted by molar-refractivity contribution is -0.0707. The lowest BCUT2D eigenvalue weighted by atomic mass is 10.1. The van der Waals surface area contributed by atoms with Gasteiger partial charge in [-0.3, -0.25) is 4.90 Å². The molecule has 3 rings (SSSR count). The van der Waals surface area contributed by atoms with Crippen molar-refractivity contribution in [3.05, 3.63) is 28.5 Å². The molecule has 0 bridgehead atoms. The third-order valence-electron chi connectivity index (χ3n) is 4.77. The molecule has 2 heterocycles. The van der Waals surface area contributed by atoms with Crippen LogP contribution in [0.15, 0.2) is 27.6 Å². The van der Waals surface area contributed by atoms with Crippen LogP contribution in [0.2, 0.25) is 0 Å². The number of nitrogens with zero attached hydrogens (tertiary/aromatic N) is 2. The number of halogens is 2. The SMILES string of the molecule is C[C@@H]1CN(C[C@H]2CCCN2S(=O)(=O)c2ccc(F)cc2Br)C[C@@H](C)O1. The summed E-state index contributed by atoms with van der Waals surface area (Å²) >= 11 is 3.19. The van der Waals surface area contributed by atoms with E-state index in [0.717, 1.165) is 25.9 Å². The van der Waals surface area contributed by atoms with E-state index in [1.54, 1.807) is 4.31 Å². The molecule has 140 valence electrons. The number of hydrogen-bond acceptors (Lipinski definition) is 4. The maximum Gasteiger partial charge on any atom is 0.244 e. The monoisotopic (exact) mass is 434 g/mol. The highest BCUT2D eigenvalue weighted by atomic mass is 79.9. The van der Waals surface area contributed by atoms with Crippen molar-refractivity contribution < 1.29 is 17.5 Å². The third kappa shape index (κ3) is 4.24. The summed E-state index contributed by atoms with van der Waals surface area (Å²) in [5.74, 6) is -0.458. The molecule has 0 unspecified atom stereocenters. The Hall–Kier alpha value is -0.540. The first kappa shape index (κ1) is 19.2. The van der Waals surface area contributed by atoms with Gasteiger partial charge in [0.05, 0.1) is 17.1 Å². The Kier molecular flexibility index (Phi) is 5.85. The van der Waals surface area contributed by atoms with Gasteiger partial charge in [0.25, 0.3) is 0 Å². The molecule has 0 radical (unpaired) electrons. The van der Waals surface area contributed by atoms with Crippen LogP contribution in [0, 0.1) is 5.82 Å². The Labute approximate surface area is 157 Å². The fraction of sp³-hybridized carbons (Fsp3) is 0.647. The van der Waals surface area contributed by atoms with Crippen LogP contribution >= 0.6 is 15.9 Å². The molecule has 2 fully saturated rings. The minimum atomic E-state index is -3.65. The predicted octanol–water partition coefficient (Wildman–Crippen LogP) is 2.85. The Morgan fingerprint density at radius 1 is 1.28 bits per heavy atom. The fourth-order valence-electron chi connectivity index (χ4n) is 3.85. The van der Waals surface area contributed by atoms with E-state index in [9.17, 15) is 12.8 Å². The second kappa shape index (κ2) is 7.60. The molecule has 2 aliphatic rings. The van der Waals surface area contributed by atoms with Crippen molar-refractivity contribution in [1.82, 2.24) is 9.21 Å². The molecule has 0 N–H and O–H groups in total. The van der Waals surface area contributed by atoms with Gasteiger partial charge in [0, 0.05) is 36.7 Å². The second-order valence-corrected chi connectivity index (χ2v) is 9.68. The number of ether oxygens (including phenoxy) is 1. The van der Waals surface area contributed by atoms with Crippen LogP contribution in [0.3, 0.4) is 0 Å². The van der Waals surface area contributed by atoms with Gasteiger partial charge in [0.1, 0.15) is 5.82 Å². The van der Waals surface area contributed by atoms with Gasteiger partial charge in [0.2, 0.25) is 10.0 Å². The molecule has 1 aromatic rings. The molecule has 2 aliphatic heterocycles. The average molecular weight is 435 g/mol. The second-order valence-electron chi connectivity index (χ2n) is 6.96. The first-order chi connectivity index (χ1) is 11.8. The minimum absolute atomic E-state index is 0.0561. The zero-order chi connectivity index (χ0) is 18.2. The molecule has 0 aliphatic carbocycles. The highest BCUT2D eigenvalue weighted by Gasteiger charge is 2.38. The van der Waals surface area contributed by atoms with Gasteiger partial charge in [-0.1, -0.05) is 0 Å². The maximum absolute atomic E-state index is 13.3. The molecule has 2 saturated heterocycles. The molecule has 0 saturated carbocycles. The quantitative estimate of drug-likeness (QED) is 0.730. The van der Waals surface area contributed by atoms with Crippen molar-refractivity contribution in [2.24, 2.45) is 0 Å². The van der Waals surface area contributed by atoms with Gasteiger partial charge in [-0.05, 0) is 60.8 Å². The third-order valence-corrected chi connectivity index (χ3v) is 7.70. The molecule has 0 amide bonds. The fourth-order valence-corrected chi connectivity index (χ4v) is 6.55. The van der Waals surface area contributed by atoms with Crippen LogP contribution in [0.5, 0.6) is 0 Å². The Morgan fingerprint density at radius 3 is 2.60 bits per heavy atom. The lowest BCUT2D eigenvalue weighted by Gasteiger charge is -2.38. The maximum atomic E-state index is 13.3. The number of sulfonamides is 1. The lowest BCUT2D eigenvalue weighted by Crippen LogP contribution is -2.50. The summed E-state index contributed by atoms with van der Waals surface area (Å²) in [5.41, 5.74) is 0. The highest BCUT2D eigenvalue weighted by molar-refractivity contribution is 9.10. The van der Waals surface area contributed by atoms with Crippen molar-refractivity contribution in [2.45, 2.75) is 49.8 Å². The number of rotatable bonds is 4. The summed E-state index contributed by atoms with van der Waals surface area (Å²) in [6.45, 7) is 6.93. The molecule has 3 atom stereocenters. The van der Waals surface area contributed by atoms with Crippen LogP contribution in [0.4, 0.5) is 4.39 Å². The van der Waals surface area contributed by atoms with Crippen LogP contribution in [0.1, 0.15) is 26.7 Å². The molecule has 5 nitrogen and oxygen atoms in total. The van der Waals surface area contributed by atoms with E-state index < -0.39 is 15.8 Å². The number of benzene rings is 1. The van der Waals surface area contributed by atoms with Gasteiger partial charge in [0.15, 0.2) is 0 Å². The van der Waals surface area contributed by atoms with Crippen LogP contribution in [-0.4, -0.2) is 62.1 Å². The highest BCUT2D eigenvalue weighted by Crippen LogP contribution is 2.31. The smallest absolute Gasteiger partial charge is 0.244 e. The molecular weight excluding hydrogens is 411 g/mol. The Balaban J connectivity index is 1.78. The van der Waals surface area contributed by atoms with Gasteiger partial charge >= 0.3 is 0 Å². The van der Waals surface area contributed by atoms with Crippen LogP contribution < -0.4 is 0 Å². The van der Waals surface area contributed by atoms with Gasteiger partial charge < -0.3 is 4.74 Å². The van der Waals surface area contributed by atoms with E-state index >= 15 is 0 Å². The zero-order valence-corrected chi connectivity index (χ0v) is 16.9. The molecule has 0 spiro atoms. The zero-order valence-electron chi connectivity index (χ0n) is 14.5. The largest absolute Gasteiger partial charge is 0.373 e. The average Bonchev–Trinajstić information content (AvgIpc) is 2.94. The minimum Gasteiger partial charge on any atom is -0.373 e. The molecule has 8 heteroatoms. The van der Waals surface area contributed by atoms with E-state index in [0.29, 0.717) is 13.1 Å². The van der Waals surface area contributed by atoms with Crippen molar-refractivity contribution in [1.29, 1.82) is 0 Å². The van der Waals surface area contributed by atoms with E-state index in [1.165, 1.54) is 18.2 Å². The summed E-state index contributed by atoms with van der Waals surface area (Å²) in [6.07, 6.45) is 2.00. The summed E-state index contributed by atoms with van der Waals surface area (Å²) in [6, 6.07) is 3.67. The van der Waals surface area contributed by atoms with Crippen molar-refractivity contribution >= 4 is 26.0 Å². The standard InChI is InChI=1S/C17H24BrFN2O3S/c1-12-9-20(10-13(2)24-12)11-15-4-3-7-21(15)25(22,23)17-6-5-14(19)8-16(17)18/h5-6,8,12-13,15H,3-4,7,9-11H2,1-2H3/t12-,13-,15-/m1/s1. The summed E-state index contributed by atoms with van der Waals surface area (Å²) in [5, 5.41) is 0. The number of morpholine rings is 1. The van der Waals surface area contributed by atoms with E-state index in [2.05, 4.69) is 20.8 Å². The topological polar surface area (TPSA) is 49.9 Å². The normalized spacial score (nSPS) is 29.2. The molecular formula is C17H24BrFN2O3S. The molecule has 25 heavy (non-hydrogen) atoms. The van der Waals surface area contributed by atoms with Gasteiger partial charge in [-0.2, -0.15) is 4.31 Å². The molecule has 0 aromatic heterocycles. The van der Waals surface area contributed by atoms with E-state index in [1.807, 2.05) is 13.8 Å². The first-order valence-electron chi connectivity index (χ1n) is 8.62. The van der Waals surface area contributed by atoms with Crippen LogP contribution in [0.25, 0.3) is 0 Å².